The van der Waals surface area contributed by atoms with Gasteiger partial charge in [0, 0.05) is 17.7 Å². The summed E-state index contributed by atoms with van der Waals surface area (Å²) in [6.07, 6.45) is 0. The van der Waals surface area contributed by atoms with Crippen LogP contribution in [0, 0.1) is 10.1 Å². The summed E-state index contributed by atoms with van der Waals surface area (Å²) in [4.78, 5) is 23.3. The molecule has 0 unspecified atom stereocenters. The van der Waals surface area contributed by atoms with Crippen LogP contribution in [0.2, 0.25) is 0 Å². The molecule has 13 nitrogen and oxygen atoms in total. The van der Waals surface area contributed by atoms with Crippen molar-refractivity contribution in [2.45, 2.75) is 11.8 Å². The van der Waals surface area contributed by atoms with E-state index in [0.29, 0.717) is 41.7 Å². The maximum absolute atomic E-state index is 13.8. The Hall–Kier alpha value is -4.85. The number of carbonyl (C=O) groups is 1. The maximum atomic E-state index is 13.8. The van der Waals surface area contributed by atoms with Gasteiger partial charge in [-0.15, -0.1) is 0 Å². The highest BCUT2D eigenvalue weighted by Gasteiger charge is 2.34. The number of para-hydroxylation sites is 1. The first-order valence-corrected chi connectivity index (χ1v) is 13.3. The number of amides is 1. The normalized spacial score (nSPS) is 12.8. The van der Waals surface area contributed by atoms with Crippen molar-refractivity contribution >= 4 is 33.0 Å². The Morgan fingerprint density at radius 1 is 1.05 bits per heavy atom. The monoisotopic (exact) mass is 570 g/mol. The van der Waals surface area contributed by atoms with E-state index in [9.17, 15) is 23.3 Å². The van der Waals surface area contributed by atoms with E-state index < -0.39 is 38.0 Å². The van der Waals surface area contributed by atoms with Gasteiger partial charge in [0.2, 0.25) is 0 Å². The zero-order chi connectivity index (χ0) is 28.9. The molecular formula is C26H26N4O9S. The number of hydrogen-bond acceptors (Lipinski definition) is 10. The van der Waals surface area contributed by atoms with E-state index in [1.54, 1.807) is 25.1 Å². The van der Waals surface area contributed by atoms with Crippen LogP contribution in [0.15, 0.2) is 70.7 Å². The quantitative estimate of drug-likeness (QED) is 0.219. The van der Waals surface area contributed by atoms with Crippen molar-refractivity contribution in [2.24, 2.45) is 5.10 Å². The number of nitro benzene ring substituents is 1. The van der Waals surface area contributed by atoms with Crippen LogP contribution >= 0.6 is 0 Å². The van der Waals surface area contributed by atoms with E-state index >= 15 is 0 Å². The molecule has 4 rings (SSSR count). The van der Waals surface area contributed by atoms with Gasteiger partial charge in [-0.1, -0.05) is 12.1 Å². The number of sulfonamides is 1. The number of rotatable bonds is 10. The van der Waals surface area contributed by atoms with Crippen molar-refractivity contribution in [3.63, 3.8) is 0 Å². The zero-order valence-corrected chi connectivity index (χ0v) is 22.6. The van der Waals surface area contributed by atoms with Crippen LogP contribution in [-0.2, 0) is 14.8 Å². The van der Waals surface area contributed by atoms with Crippen LogP contribution in [0.4, 0.5) is 11.4 Å². The van der Waals surface area contributed by atoms with Gasteiger partial charge in [0.05, 0.1) is 30.5 Å². The molecule has 0 saturated heterocycles. The molecular weight excluding hydrogens is 544 g/mol. The van der Waals surface area contributed by atoms with Crippen molar-refractivity contribution < 1.29 is 37.1 Å². The standard InChI is InChI=1S/C26H26N4O9S/c1-17(18-8-11-22-24(14-18)39-13-12-38-22)27-28-26(31)16-29(20-10-9-19(36-2)15-23(20)37-3)40(34,35)25-7-5-4-6-21(25)30(32)33/h4-11,14-15H,12-13,16H2,1-3H3,(H,28,31)/b27-17-. The van der Waals surface area contributed by atoms with Crippen molar-refractivity contribution in [3.05, 3.63) is 76.3 Å². The van der Waals surface area contributed by atoms with E-state index in [2.05, 4.69) is 10.5 Å². The van der Waals surface area contributed by atoms with Crippen molar-refractivity contribution in [3.8, 4) is 23.0 Å². The van der Waals surface area contributed by atoms with Gasteiger partial charge in [0.1, 0.15) is 31.3 Å². The number of fused-ring (bicyclic) bond motifs is 1. The third-order valence-corrected chi connectivity index (χ3v) is 7.69. The molecule has 1 amide bonds. The number of hydrogen-bond donors (Lipinski definition) is 1. The van der Waals surface area contributed by atoms with Crippen LogP contribution in [0.5, 0.6) is 23.0 Å². The number of ether oxygens (including phenoxy) is 4. The molecule has 0 radical (unpaired) electrons. The fourth-order valence-electron chi connectivity index (χ4n) is 3.88. The van der Waals surface area contributed by atoms with E-state index in [1.807, 2.05) is 0 Å². The van der Waals surface area contributed by atoms with Gasteiger partial charge in [-0.05, 0) is 43.3 Å². The topological polar surface area (TPSA) is 159 Å². The lowest BCUT2D eigenvalue weighted by molar-refractivity contribution is -0.387. The third kappa shape index (κ3) is 5.91. The molecule has 0 atom stereocenters. The SMILES string of the molecule is COc1ccc(N(CC(=O)N/N=C(/C)c2ccc3c(c2)OCCO3)S(=O)(=O)c2ccccc2[N+](=O)[O-])c(OC)c1. The molecule has 210 valence electrons. The summed E-state index contributed by atoms with van der Waals surface area (Å²) in [5, 5.41) is 15.7. The number of carbonyl (C=O) groups excluding carboxylic acids is 1. The Labute approximate surface area is 230 Å². The predicted octanol–water partition coefficient (Wildman–Crippen LogP) is 3.12. The molecule has 14 heteroatoms. The van der Waals surface area contributed by atoms with Crippen LogP contribution < -0.4 is 28.7 Å². The maximum Gasteiger partial charge on any atom is 0.289 e. The molecule has 0 saturated carbocycles. The van der Waals surface area contributed by atoms with Gasteiger partial charge >= 0.3 is 0 Å². The first kappa shape index (κ1) is 28.2. The van der Waals surface area contributed by atoms with Crippen LogP contribution in [0.1, 0.15) is 12.5 Å². The number of benzene rings is 3. The number of methoxy groups -OCH3 is 2. The highest BCUT2D eigenvalue weighted by Crippen LogP contribution is 2.37. The summed E-state index contributed by atoms with van der Waals surface area (Å²) >= 11 is 0. The second kappa shape index (κ2) is 11.9. The summed E-state index contributed by atoms with van der Waals surface area (Å²) in [6.45, 7) is 1.73. The molecule has 0 bridgehead atoms. The first-order chi connectivity index (χ1) is 19.1. The minimum atomic E-state index is -4.65. The summed E-state index contributed by atoms with van der Waals surface area (Å²) in [5.41, 5.74) is 2.73. The Morgan fingerprint density at radius 3 is 2.48 bits per heavy atom. The fraction of sp³-hybridized carbons (Fsp3) is 0.231. The molecule has 0 aliphatic carbocycles. The van der Waals surface area contributed by atoms with Crippen LogP contribution in [-0.4, -0.2) is 58.9 Å². The molecule has 1 N–H and O–H groups in total. The zero-order valence-electron chi connectivity index (χ0n) is 21.8. The fourth-order valence-corrected chi connectivity index (χ4v) is 5.47. The second-order valence-electron chi connectivity index (χ2n) is 8.36. The molecule has 1 aliphatic rings. The average Bonchev–Trinajstić information content (AvgIpc) is 2.97. The van der Waals surface area contributed by atoms with Crippen LogP contribution in [0.3, 0.4) is 0 Å². The first-order valence-electron chi connectivity index (χ1n) is 11.9. The minimum Gasteiger partial charge on any atom is -0.497 e. The van der Waals surface area contributed by atoms with Gasteiger partial charge < -0.3 is 18.9 Å². The van der Waals surface area contributed by atoms with Gasteiger partial charge in [0.25, 0.3) is 21.6 Å². The summed E-state index contributed by atoms with van der Waals surface area (Å²) < 4.78 is 50.0. The summed E-state index contributed by atoms with van der Waals surface area (Å²) in [5.74, 6) is 0.754. The Kier molecular flexibility index (Phi) is 8.38. The number of anilines is 1. The highest BCUT2D eigenvalue weighted by atomic mass is 32.2. The summed E-state index contributed by atoms with van der Waals surface area (Å²) in [7, 11) is -1.91. The largest absolute Gasteiger partial charge is 0.497 e. The van der Waals surface area contributed by atoms with Crippen molar-refractivity contribution in [1.82, 2.24) is 5.43 Å². The number of nitrogens with zero attached hydrogens (tertiary/aromatic N) is 3. The highest BCUT2D eigenvalue weighted by molar-refractivity contribution is 7.93. The molecule has 1 heterocycles. The Balaban J connectivity index is 1.67. The van der Waals surface area contributed by atoms with Crippen molar-refractivity contribution in [1.29, 1.82) is 0 Å². The molecule has 40 heavy (non-hydrogen) atoms. The van der Waals surface area contributed by atoms with Crippen LogP contribution in [0.25, 0.3) is 0 Å². The Bertz CT molecular complexity index is 1570. The molecule has 3 aromatic carbocycles. The lowest BCUT2D eigenvalue weighted by atomic mass is 10.1. The number of hydrazone groups is 1. The Morgan fingerprint density at radius 2 is 1.77 bits per heavy atom. The van der Waals surface area contributed by atoms with E-state index in [1.165, 1.54) is 44.6 Å². The average molecular weight is 571 g/mol. The third-order valence-electron chi connectivity index (χ3n) is 5.88. The van der Waals surface area contributed by atoms with Gasteiger partial charge in [0.15, 0.2) is 16.4 Å². The van der Waals surface area contributed by atoms with E-state index in [4.69, 9.17) is 18.9 Å². The molecule has 0 fully saturated rings. The number of nitro groups is 1. The molecule has 3 aromatic rings. The minimum absolute atomic E-state index is 0.0378. The summed E-state index contributed by atoms with van der Waals surface area (Å²) in [6, 6.07) is 14.3. The van der Waals surface area contributed by atoms with Gasteiger partial charge in [-0.3, -0.25) is 19.2 Å². The lowest BCUT2D eigenvalue weighted by Gasteiger charge is -2.25. The van der Waals surface area contributed by atoms with E-state index in [-0.39, 0.29) is 11.4 Å². The number of nitrogens with one attached hydrogen (secondary N) is 1. The molecule has 0 aromatic heterocycles. The predicted molar refractivity (Wildman–Crippen MR) is 145 cm³/mol. The lowest BCUT2D eigenvalue weighted by Crippen LogP contribution is -2.40. The van der Waals surface area contributed by atoms with Crippen molar-refractivity contribution in [2.75, 3.05) is 38.3 Å². The van der Waals surface area contributed by atoms with Gasteiger partial charge in [-0.2, -0.15) is 5.10 Å². The van der Waals surface area contributed by atoms with Gasteiger partial charge in [-0.25, -0.2) is 13.8 Å². The molecule has 1 aliphatic heterocycles. The van der Waals surface area contributed by atoms with E-state index in [0.717, 1.165) is 16.4 Å². The molecule has 0 spiro atoms. The smallest absolute Gasteiger partial charge is 0.289 e. The second-order valence-corrected chi connectivity index (χ2v) is 10.2.